The normalized spacial score (nSPS) is 23.0. The number of rotatable bonds is 6. The van der Waals surface area contributed by atoms with Crippen molar-refractivity contribution >= 4 is 24.0 Å². The number of nitrogens with one attached hydrogen (secondary N) is 2. The van der Waals surface area contributed by atoms with Crippen molar-refractivity contribution < 1.29 is 14.6 Å². The molecule has 134 valence electrons. The highest BCUT2D eigenvalue weighted by Gasteiger charge is 2.22. The van der Waals surface area contributed by atoms with Gasteiger partial charge in [0.1, 0.15) is 5.75 Å². The fraction of sp³-hybridized carbons (Fsp3) is 0.611. The van der Waals surface area contributed by atoms with Crippen LogP contribution in [0.5, 0.6) is 5.75 Å². The largest absolute Gasteiger partial charge is 0.493 e. The summed E-state index contributed by atoms with van der Waals surface area (Å²) in [6.07, 6.45) is 6.28. The van der Waals surface area contributed by atoms with Crippen molar-refractivity contribution in [2.45, 2.75) is 57.1 Å². The minimum absolute atomic E-state index is 0. The SMILES string of the molecule is Cl.O=C1CCc2c(cccc2OCCCNC2CCCCC2O)N1. The van der Waals surface area contributed by atoms with Gasteiger partial charge < -0.3 is 20.5 Å². The lowest BCUT2D eigenvalue weighted by Gasteiger charge is -2.28. The molecule has 6 heteroatoms. The lowest BCUT2D eigenvalue weighted by Crippen LogP contribution is -2.42. The summed E-state index contributed by atoms with van der Waals surface area (Å²) in [5.74, 6) is 0.949. The van der Waals surface area contributed by atoms with Crippen LogP contribution in [0.2, 0.25) is 0 Å². The first-order valence-electron chi connectivity index (χ1n) is 8.70. The Balaban J connectivity index is 0.00000208. The number of halogens is 1. The van der Waals surface area contributed by atoms with Gasteiger partial charge in [0.05, 0.1) is 12.7 Å². The van der Waals surface area contributed by atoms with Crippen molar-refractivity contribution in [3.63, 3.8) is 0 Å². The average molecular weight is 355 g/mol. The van der Waals surface area contributed by atoms with E-state index in [0.717, 1.165) is 55.6 Å². The smallest absolute Gasteiger partial charge is 0.224 e. The lowest BCUT2D eigenvalue weighted by atomic mass is 9.92. The third-order valence-corrected chi connectivity index (χ3v) is 4.72. The van der Waals surface area contributed by atoms with Crippen molar-refractivity contribution in [2.24, 2.45) is 0 Å². The first-order valence-corrected chi connectivity index (χ1v) is 8.70. The number of ether oxygens (including phenoxy) is 1. The van der Waals surface area contributed by atoms with Crippen LogP contribution in [0, 0.1) is 0 Å². The van der Waals surface area contributed by atoms with Gasteiger partial charge in [-0.2, -0.15) is 0 Å². The molecule has 3 N–H and O–H groups in total. The topological polar surface area (TPSA) is 70.6 Å². The maximum atomic E-state index is 11.4. The highest BCUT2D eigenvalue weighted by atomic mass is 35.5. The Morgan fingerprint density at radius 1 is 1.25 bits per heavy atom. The van der Waals surface area contributed by atoms with Gasteiger partial charge in [-0.05, 0) is 44.4 Å². The maximum absolute atomic E-state index is 11.4. The second-order valence-corrected chi connectivity index (χ2v) is 6.44. The summed E-state index contributed by atoms with van der Waals surface area (Å²) in [4.78, 5) is 11.4. The zero-order valence-electron chi connectivity index (χ0n) is 13.9. The summed E-state index contributed by atoms with van der Waals surface area (Å²) in [7, 11) is 0. The second-order valence-electron chi connectivity index (χ2n) is 6.44. The zero-order valence-corrected chi connectivity index (χ0v) is 14.7. The fourth-order valence-corrected chi connectivity index (χ4v) is 3.42. The molecule has 1 saturated carbocycles. The van der Waals surface area contributed by atoms with Gasteiger partial charge in [0, 0.05) is 23.7 Å². The van der Waals surface area contributed by atoms with E-state index in [2.05, 4.69) is 10.6 Å². The molecule has 0 spiro atoms. The highest BCUT2D eigenvalue weighted by Crippen LogP contribution is 2.31. The summed E-state index contributed by atoms with van der Waals surface area (Å²) < 4.78 is 5.90. The van der Waals surface area contributed by atoms with E-state index >= 15 is 0 Å². The van der Waals surface area contributed by atoms with Gasteiger partial charge in [0.15, 0.2) is 0 Å². The lowest BCUT2D eigenvalue weighted by molar-refractivity contribution is -0.116. The standard InChI is InChI=1S/C18H26N2O3.ClH/c21-16-7-2-1-5-15(16)19-11-4-12-23-17-8-3-6-14-13(17)9-10-18(22)20-14;/h3,6,8,15-16,19,21H,1-2,4-5,7,9-12H2,(H,20,22);1H. The van der Waals surface area contributed by atoms with Crippen LogP contribution in [0.15, 0.2) is 18.2 Å². The Labute approximate surface area is 149 Å². The zero-order chi connectivity index (χ0) is 16.1. The monoisotopic (exact) mass is 354 g/mol. The summed E-state index contributed by atoms with van der Waals surface area (Å²) in [5.41, 5.74) is 1.98. The first-order chi connectivity index (χ1) is 11.2. The van der Waals surface area contributed by atoms with Gasteiger partial charge in [-0.3, -0.25) is 4.79 Å². The summed E-state index contributed by atoms with van der Waals surface area (Å²) in [6.45, 7) is 1.49. The van der Waals surface area contributed by atoms with E-state index in [1.165, 1.54) is 6.42 Å². The van der Waals surface area contributed by atoms with Crippen LogP contribution >= 0.6 is 12.4 Å². The Hall–Kier alpha value is -1.30. The number of carbonyl (C=O) groups is 1. The molecule has 2 atom stereocenters. The van der Waals surface area contributed by atoms with Crippen LogP contribution in [0.25, 0.3) is 0 Å². The van der Waals surface area contributed by atoms with Gasteiger partial charge >= 0.3 is 0 Å². The molecule has 1 aliphatic carbocycles. The van der Waals surface area contributed by atoms with Crippen LogP contribution in [0.1, 0.15) is 44.1 Å². The number of hydrogen-bond acceptors (Lipinski definition) is 4. The summed E-state index contributed by atoms with van der Waals surface area (Å²) in [6, 6.07) is 6.04. The van der Waals surface area contributed by atoms with Crippen LogP contribution in [-0.4, -0.2) is 36.3 Å². The quantitative estimate of drug-likeness (QED) is 0.687. The molecule has 0 radical (unpaired) electrons. The van der Waals surface area contributed by atoms with Crippen LogP contribution in [0.3, 0.4) is 0 Å². The van der Waals surface area contributed by atoms with E-state index < -0.39 is 0 Å². The van der Waals surface area contributed by atoms with Crippen molar-refractivity contribution in [3.8, 4) is 5.75 Å². The molecule has 24 heavy (non-hydrogen) atoms. The molecule has 1 fully saturated rings. The molecule has 1 aromatic rings. The molecule has 3 rings (SSSR count). The molecule has 1 aliphatic heterocycles. The third kappa shape index (κ3) is 4.85. The molecule has 5 nitrogen and oxygen atoms in total. The molecule has 0 bridgehead atoms. The maximum Gasteiger partial charge on any atom is 0.224 e. The molecular formula is C18H27ClN2O3. The molecule has 1 amide bonds. The number of anilines is 1. The van der Waals surface area contributed by atoms with Crippen LogP contribution < -0.4 is 15.4 Å². The highest BCUT2D eigenvalue weighted by molar-refractivity contribution is 5.94. The van der Waals surface area contributed by atoms with Gasteiger partial charge in [0.25, 0.3) is 0 Å². The van der Waals surface area contributed by atoms with E-state index in [1.807, 2.05) is 18.2 Å². The molecule has 1 aromatic carbocycles. The summed E-state index contributed by atoms with van der Waals surface area (Å²) >= 11 is 0. The third-order valence-electron chi connectivity index (χ3n) is 4.72. The minimum atomic E-state index is -0.200. The van der Waals surface area contributed by atoms with E-state index in [4.69, 9.17) is 4.74 Å². The number of fused-ring (bicyclic) bond motifs is 1. The molecule has 2 aliphatic rings. The van der Waals surface area contributed by atoms with Gasteiger partial charge in [-0.1, -0.05) is 18.9 Å². The van der Waals surface area contributed by atoms with Crippen molar-refractivity contribution in [1.82, 2.24) is 5.32 Å². The van der Waals surface area contributed by atoms with E-state index in [1.54, 1.807) is 0 Å². The Kier molecular flexibility index (Phi) is 7.34. The number of hydrogen-bond donors (Lipinski definition) is 3. The van der Waals surface area contributed by atoms with Gasteiger partial charge in [0.2, 0.25) is 5.91 Å². The van der Waals surface area contributed by atoms with Crippen molar-refractivity contribution in [2.75, 3.05) is 18.5 Å². The average Bonchev–Trinajstić information content (AvgIpc) is 2.56. The molecular weight excluding hydrogens is 328 g/mol. The molecule has 2 unspecified atom stereocenters. The number of aliphatic hydroxyl groups excluding tert-OH is 1. The molecule has 1 heterocycles. The van der Waals surface area contributed by atoms with E-state index in [-0.39, 0.29) is 30.5 Å². The van der Waals surface area contributed by atoms with Gasteiger partial charge in [-0.25, -0.2) is 0 Å². The van der Waals surface area contributed by atoms with Crippen molar-refractivity contribution in [3.05, 3.63) is 23.8 Å². The second kappa shape index (κ2) is 9.25. The van der Waals surface area contributed by atoms with Crippen molar-refractivity contribution in [1.29, 1.82) is 0 Å². The predicted molar refractivity (Wildman–Crippen MR) is 97.0 cm³/mol. The Bertz CT molecular complexity index is 553. The first kappa shape index (κ1) is 19.0. The Morgan fingerprint density at radius 2 is 2.08 bits per heavy atom. The minimum Gasteiger partial charge on any atom is -0.493 e. The number of aliphatic hydroxyl groups is 1. The fourth-order valence-electron chi connectivity index (χ4n) is 3.42. The Morgan fingerprint density at radius 3 is 2.92 bits per heavy atom. The number of benzene rings is 1. The number of carbonyl (C=O) groups excluding carboxylic acids is 1. The number of amides is 1. The predicted octanol–water partition coefficient (Wildman–Crippen LogP) is 2.66. The molecule has 0 saturated heterocycles. The van der Waals surface area contributed by atoms with Crippen LogP contribution in [0.4, 0.5) is 5.69 Å². The van der Waals surface area contributed by atoms with Crippen LogP contribution in [-0.2, 0) is 11.2 Å². The van der Waals surface area contributed by atoms with E-state index in [9.17, 15) is 9.90 Å². The van der Waals surface area contributed by atoms with E-state index in [0.29, 0.717) is 13.0 Å². The van der Waals surface area contributed by atoms with Gasteiger partial charge in [-0.15, -0.1) is 12.4 Å². The summed E-state index contributed by atoms with van der Waals surface area (Å²) in [5, 5.41) is 16.3. The molecule has 0 aromatic heterocycles.